The molecular weight excluding hydrogens is 358 g/mol. The third kappa shape index (κ3) is 3.55. The molecule has 0 atom stereocenters. The maximum absolute atomic E-state index is 9.94. The van der Waals surface area contributed by atoms with Crippen molar-refractivity contribution in [3.8, 4) is 6.07 Å². The Bertz CT molecular complexity index is 1200. The van der Waals surface area contributed by atoms with Gasteiger partial charge >= 0.3 is 0 Å². The molecule has 0 spiro atoms. The zero-order valence-corrected chi connectivity index (χ0v) is 17.2. The number of likely N-dealkylation sites (N-methyl/N-ethyl adjacent to an activating group) is 1. The lowest BCUT2D eigenvalue weighted by Gasteiger charge is -2.19. The van der Waals surface area contributed by atoms with E-state index in [1.807, 2.05) is 31.2 Å². The van der Waals surface area contributed by atoms with Crippen molar-refractivity contribution in [2.24, 2.45) is 0 Å². The number of pyridine rings is 1. The van der Waals surface area contributed by atoms with Crippen molar-refractivity contribution < 1.29 is 4.90 Å². The number of rotatable bonds is 6. The van der Waals surface area contributed by atoms with Crippen LogP contribution in [0.15, 0.2) is 54.6 Å². The number of nitriles is 1. The summed E-state index contributed by atoms with van der Waals surface area (Å²) in [6.45, 7) is 3.88. The first kappa shape index (κ1) is 19.0. The van der Waals surface area contributed by atoms with Gasteiger partial charge in [-0.2, -0.15) is 5.26 Å². The zero-order valence-electron chi connectivity index (χ0n) is 17.2. The molecule has 0 aliphatic heterocycles. The Kier molecular flexibility index (Phi) is 5.20. The molecule has 4 rings (SSSR count). The molecular formula is C24H26N5+. The summed E-state index contributed by atoms with van der Waals surface area (Å²) < 4.78 is 2.13. The van der Waals surface area contributed by atoms with Gasteiger partial charge in [0.15, 0.2) is 5.65 Å². The van der Waals surface area contributed by atoms with Crippen LogP contribution in [0.2, 0.25) is 0 Å². The molecule has 0 fully saturated rings. The number of para-hydroxylation sites is 2. The highest BCUT2D eigenvalue weighted by molar-refractivity contribution is 5.86. The summed E-state index contributed by atoms with van der Waals surface area (Å²) in [5.74, 6) is 1.04. The summed E-state index contributed by atoms with van der Waals surface area (Å²) in [6, 6.07) is 20.9. The Balaban J connectivity index is 1.98. The molecule has 2 aromatic heterocycles. The van der Waals surface area contributed by atoms with Crippen LogP contribution in [0.4, 0.5) is 5.82 Å². The lowest BCUT2D eigenvalue weighted by atomic mass is 9.98. The molecule has 2 heterocycles. The normalized spacial score (nSPS) is 11.3. The van der Waals surface area contributed by atoms with Crippen molar-refractivity contribution in [3.05, 3.63) is 76.9 Å². The smallest absolute Gasteiger partial charge is 0.157 e. The van der Waals surface area contributed by atoms with Gasteiger partial charge in [-0.05, 0) is 30.2 Å². The quantitative estimate of drug-likeness (QED) is 0.537. The lowest BCUT2D eigenvalue weighted by molar-refractivity contribution is -0.856. The fourth-order valence-corrected chi connectivity index (χ4v) is 3.82. The second-order valence-electron chi connectivity index (χ2n) is 7.74. The van der Waals surface area contributed by atoms with Crippen molar-refractivity contribution in [1.82, 2.24) is 9.38 Å². The molecule has 0 aliphatic carbocycles. The summed E-state index contributed by atoms with van der Waals surface area (Å²) in [5.41, 5.74) is 6.67. The summed E-state index contributed by atoms with van der Waals surface area (Å²) in [4.78, 5) is 6.18. The average molecular weight is 385 g/mol. The van der Waals surface area contributed by atoms with Crippen LogP contribution in [-0.2, 0) is 6.42 Å². The van der Waals surface area contributed by atoms with Crippen LogP contribution in [0.25, 0.3) is 16.7 Å². The highest BCUT2D eigenvalue weighted by atomic mass is 15.1. The van der Waals surface area contributed by atoms with E-state index >= 15 is 0 Å². The average Bonchev–Trinajstić information content (AvgIpc) is 3.10. The topological polar surface area (TPSA) is 57.6 Å². The SMILES string of the molecule is Cc1c(Cc2ccccc2)c(NCC[NH+](C)C)n2c(nc3ccccc32)c1C#N. The molecule has 0 saturated carbocycles. The van der Waals surface area contributed by atoms with Gasteiger partial charge in [0, 0.05) is 12.0 Å². The van der Waals surface area contributed by atoms with Gasteiger partial charge < -0.3 is 10.2 Å². The number of nitrogens with one attached hydrogen (secondary N) is 2. The number of anilines is 1. The van der Waals surface area contributed by atoms with E-state index in [0.29, 0.717) is 5.56 Å². The van der Waals surface area contributed by atoms with Crippen LogP contribution in [0.3, 0.4) is 0 Å². The molecule has 0 aliphatic rings. The number of aromatic nitrogens is 2. The van der Waals surface area contributed by atoms with Crippen LogP contribution in [-0.4, -0.2) is 36.6 Å². The van der Waals surface area contributed by atoms with E-state index in [4.69, 9.17) is 4.98 Å². The van der Waals surface area contributed by atoms with Crippen molar-refractivity contribution >= 4 is 22.5 Å². The van der Waals surface area contributed by atoms with Crippen LogP contribution in [0.5, 0.6) is 0 Å². The van der Waals surface area contributed by atoms with E-state index < -0.39 is 0 Å². The van der Waals surface area contributed by atoms with Gasteiger partial charge in [-0.3, -0.25) is 4.40 Å². The third-order valence-electron chi connectivity index (χ3n) is 5.37. The van der Waals surface area contributed by atoms with E-state index in [2.05, 4.69) is 60.2 Å². The van der Waals surface area contributed by atoms with E-state index in [1.54, 1.807) is 0 Å². The molecule has 0 saturated heterocycles. The molecule has 146 valence electrons. The largest absolute Gasteiger partial charge is 0.365 e. The van der Waals surface area contributed by atoms with Crippen LogP contribution >= 0.6 is 0 Å². The fraction of sp³-hybridized carbons (Fsp3) is 0.250. The van der Waals surface area contributed by atoms with Gasteiger partial charge in [-0.1, -0.05) is 42.5 Å². The van der Waals surface area contributed by atoms with Crippen LogP contribution < -0.4 is 10.2 Å². The van der Waals surface area contributed by atoms with Gasteiger partial charge in [-0.25, -0.2) is 4.98 Å². The van der Waals surface area contributed by atoms with Crippen LogP contribution in [0.1, 0.15) is 22.3 Å². The lowest BCUT2D eigenvalue weighted by Crippen LogP contribution is -3.06. The predicted molar refractivity (Wildman–Crippen MR) is 118 cm³/mol. The third-order valence-corrected chi connectivity index (χ3v) is 5.37. The summed E-state index contributed by atoms with van der Waals surface area (Å²) in [6.07, 6.45) is 0.765. The maximum atomic E-state index is 9.94. The van der Waals surface area contributed by atoms with Gasteiger partial charge in [0.2, 0.25) is 0 Å². The zero-order chi connectivity index (χ0) is 20.4. The number of hydrogen-bond donors (Lipinski definition) is 2. The molecule has 5 heteroatoms. The number of benzene rings is 2. The van der Waals surface area contributed by atoms with Gasteiger partial charge in [-0.15, -0.1) is 0 Å². The van der Waals surface area contributed by atoms with Crippen molar-refractivity contribution in [3.63, 3.8) is 0 Å². The Morgan fingerprint density at radius 3 is 2.52 bits per heavy atom. The maximum Gasteiger partial charge on any atom is 0.157 e. The molecule has 2 N–H and O–H groups in total. The molecule has 0 radical (unpaired) electrons. The van der Waals surface area contributed by atoms with E-state index in [1.165, 1.54) is 10.5 Å². The molecule has 29 heavy (non-hydrogen) atoms. The first-order valence-electron chi connectivity index (χ1n) is 9.99. The Morgan fingerprint density at radius 2 is 1.79 bits per heavy atom. The molecule has 5 nitrogen and oxygen atoms in total. The molecule has 2 aromatic carbocycles. The minimum atomic E-state index is 0.649. The highest BCUT2D eigenvalue weighted by Gasteiger charge is 2.20. The predicted octanol–water partition coefficient (Wildman–Crippen LogP) is 2.81. The van der Waals surface area contributed by atoms with Crippen molar-refractivity contribution in [1.29, 1.82) is 5.26 Å². The number of quaternary nitrogens is 1. The van der Waals surface area contributed by atoms with E-state index in [-0.39, 0.29) is 0 Å². The second kappa shape index (κ2) is 7.94. The molecule has 0 unspecified atom stereocenters. The van der Waals surface area contributed by atoms with Crippen LogP contribution in [0, 0.1) is 18.3 Å². The van der Waals surface area contributed by atoms with Gasteiger partial charge in [0.05, 0.1) is 43.8 Å². The number of imidazole rings is 1. The molecule has 4 aromatic rings. The van der Waals surface area contributed by atoms with E-state index in [9.17, 15) is 5.26 Å². The summed E-state index contributed by atoms with van der Waals surface area (Å²) in [5, 5.41) is 13.6. The Morgan fingerprint density at radius 1 is 1.07 bits per heavy atom. The molecule has 0 bridgehead atoms. The molecule has 0 amide bonds. The number of fused-ring (bicyclic) bond motifs is 3. The summed E-state index contributed by atoms with van der Waals surface area (Å²) >= 11 is 0. The minimum Gasteiger partial charge on any atom is -0.365 e. The standard InChI is InChI=1S/C24H25N5/c1-17-19(15-18-9-5-4-6-10-18)23(26-13-14-28(2)3)29-22-12-8-7-11-21(22)27-24(29)20(17)16-25/h4-12,26H,13-15H2,1-3H3/p+1. The highest BCUT2D eigenvalue weighted by Crippen LogP contribution is 2.32. The monoisotopic (exact) mass is 384 g/mol. The number of hydrogen-bond acceptors (Lipinski definition) is 3. The van der Waals surface area contributed by atoms with Crippen molar-refractivity contribution in [2.45, 2.75) is 13.3 Å². The summed E-state index contributed by atoms with van der Waals surface area (Å²) in [7, 11) is 4.30. The minimum absolute atomic E-state index is 0.649. The van der Waals surface area contributed by atoms with Gasteiger partial charge in [0.25, 0.3) is 0 Å². The first-order chi connectivity index (χ1) is 14.1. The first-order valence-corrected chi connectivity index (χ1v) is 9.99. The van der Waals surface area contributed by atoms with Crippen molar-refractivity contribution in [2.75, 3.05) is 32.5 Å². The Hall–Kier alpha value is -3.36. The van der Waals surface area contributed by atoms with E-state index in [0.717, 1.165) is 53.1 Å². The second-order valence-corrected chi connectivity index (χ2v) is 7.74. The van der Waals surface area contributed by atoms with Gasteiger partial charge in [0.1, 0.15) is 11.9 Å². The fourth-order valence-electron chi connectivity index (χ4n) is 3.82. The Labute approximate surface area is 171 Å². The number of nitrogens with zero attached hydrogens (tertiary/aromatic N) is 3.